The summed E-state index contributed by atoms with van der Waals surface area (Å²) in [6.07, 6.45) is 0. The zero-order chi connectivity index (χ0) is 9.84. The predicted octanol–water partition coefficient (Wildman–Crippen LogP) is 2.44. The van der Waals surface area contributed by atoms with Gasteiger partial charge in [-0.05, 0) is 24.6 Å². The Balaban J connectivity index is 3.20. The number of methoxy groups -OCH3 is 2. The summed E-state index contributed by atoms with van der Waals surface area (Å²) in [6.45, 7) is 1.97. The Hall–Kier alpha value is -0.830. The van der Waals surface area contributed by atoms with Crippen LogP contribution >= 0.6 is 12.6 Å². The Morgan fingerprint density at radius 2 is 1.62 bits per heavy atom. The first kappa shape index (κ1) is 10.3. The van der Waals surface area contributed by atoms with Crippen molar-refractivity contribution in [1.29, 1.82) is 0 Å². The van der Waals surface area contributed by atoms with Crippen LogP contribution in [0.3, 0.4) is 0 Å². The average Bonchev–Trinajstić information content (AvgIpc) is 2.18. The molecule has 72 valence electrons. The molecule has 0 unspecified atom stereocenters. The number of hydrogen-bond donors (Lipinski definition) is 1. The summed E-state index contributed by atoms with van der Waals surface area (Å²) < 4.78 is 10.4. The second-order valence-electron chi connectivity index (χ2n) is 2.78. The van der Waals surface area contributed by atoms with Gasteiger partial charge in [0.25, 0.3) is 0 Å². The molecular formula is C10H14O2S. The molecule has 1 aromatic carbocycles. The van der Waals surface area contributed by atoms with Gasteiger partial charge in [0, 0.05) is 11.3 Å². The Morgan fingerprint density at radius 3 is 1.92 bits per heavy atom. The van der Waals surface area contributed by atoms with Crippen LogP contribution in [0.2, 0.25) is 0 Å². The van der Waals surface area contributed by atoms with Crippen molar-refractivity contribution < 1.29 is 9.47 Å². The minimum absolute atomic E-state index is 0.688. The highest BCUT2D eigenvalue weighted by molar-refractivity contribution is 7.79. The molecule has 0 saturated heterocycles. The average molecular weight is 198 g/mol. The lowest BCUT2D eigenvalue weighted by atomic mass is 10.1. The van der Waals surface area contributed by atoms with Crippen LogP contribution in [0.5, 0.6) is 11.5 Å². The summed E-state index contributed by atoms with van der Waals surface area (Å²) in [5.41, 5.74) is 2.12. The van der Waals surface area contributed by atoms with Gasteiger partial charge in [0.2, 0.25) is 0 Å². The molecule has 2 nitrogen and oxygen atoms in total. The van der Waals surface area contributed by atoms with Gasteiger partial charge in [-0.15, -0.1) is 0 Å². The molecule has 0 aliphatic heterocycles. The second kappa shape index (κ2) is 4.42. The number of hydrogen-bond acceptors (Lipinski definition) is 3. The SMILES string of the molecule is COc1cc(CS)cc(OC)c1C. The maximum Gasteiger partial charge on any atom is 0.125 e. The number of benzene rings is 1. The Bertz CT molecular complexity index is 272. The van der Waals surface area contributed by atoms with Gasteiger partial charge in [0.1, 0.15) is 11.5 Å². The van der Waals surface area contributed by atoms with Crippen molar-refractivity contribution in [3.05, 3.63) is 23.3 Å². The van der Waals surface area contributed by atoms with Crippen molar-refractivity contribution in [1.82, 2.24) is 0 Å². The third-order valence-corrected chi connectivity index (χ3v) is 2.36. The summed E-state index contributed by atoms with van der Waals surface area (Å²) in [5.74, 6) is 2.39. The molecule has 1 rings (SSSR count). The van der Waals surface area contributed by atoms with E-state index in [0.717, 1.165) is 22.6 Å². The number of rotatable bonds is 3. The van der Waals surface area contributed by atoms with Gasteiger partial charge in [0.15, 0.2) is 0 Å². The van der Waals surface area contributed by atoms with Crippen molar-refractivity contribution in [3.8, 4) is 11.5 Å². The topological polar surface area (TPSA) is 18.5 Å². The first-order chi connectivity index (χ1) is 6.22. The standard InChI is InChI=1S/C10H14O2S/c1-7-9(11-2)4-8(6-13)5-10(7)12-3/h4-5,13H,6H2,1-3H3. The highest BCUT2D eigenvalue weighted by Gasteiger charge is 2.06. The molecule has 13 heavy (non-hydrogen) atoms. The lowest BCUT2D eigenvalue weighted by Crippen LogP contribution is -1.94. The molecule has 0 N–H and O–H groups in total. The molecule has 0 heterocycles. The van der Waals surface area contributed by atoms with Crippen LogP contribution in [-0.4, -0.2) is 14.2 Å². The summed E-state index contributed by atoms with van der Waals surface area (Å²) in [6, 6.07) is 3.95. The smallest absolute Gasteiger partial charge is 0.125 e. The van der Waals surface area contributed by atoms with Gasteiger partial charge < -0.3 is 9.47 Å². The molecule has 0 spiro atoms. The molecule has 0 aliphatic carbocycles. The quantitative estimate of drug-likeness (QED) is 0.752. The highest BCUT2D eigenvalue weighted by Crippen LogP contribution is 2.29. The van der Waals surface area contributed by atoms with Gasteiger partial charge in [-0.1, -0.05) is 0 Å². The van der Waals surface area contributed by atoms with E-state index in [1.807, 2.05) is 19.1 Å². The van der Waals surface area contributed by atoms with E-state index in [1.54, 1.807) is 14.2 Å². The van der Waals surface area contributed by atoms with E-state index in [2.05, 4.69) is 12.6 Å². The zero-order valence-corrected chi connectivity index (χ0v) is 9.02. The first-order valence-corrected chi connectivity index (χ1v) is 4.68. The molecule has 0 amide bonds. The molecule has 0 aliphatic rings. The summed E-state index contributed by atoms with van der Waals surface area (Å²) in [7, 11) is 3.31. The van der Waals surface area contributed by atoms with Crippen molar-refractivity contribution in [2.45, 2.75) is 12.7 Å². The van der Waals surface area contributed by atoms with E-state index in [1.165, 1.54) is 0 Å². The molecule has 0 fully saturated rings. The van der Waals surface area contributed by atoms with E-state index in [-0.39, 0.29) is 0 Å². The number of thiol groups is 1. The normalized spacial score (nSPS) is 9.85. The summed E-state index contributed by atoms with van der Waals surface area (Å²) in [5, 5.41) is 0. The van der Waals surface area contributed by atoms with Gasteiger partial charge in [-0.3, -0.25) is 0 Å². The maximum absolute atomic E-state index is 5.22. The molecule has 0 radical (unpaired) electrons. The monoisotopic (exact) mass is 198 g/mol. The minimum atomic E-state index is 0.688. The van der Waals surface area contributed by atoms with Crippen molar-refractivity contribution in [3.63, 3.8) is 0 Å². The summed E-state index contributed by atoms with van der Waals surface area (Å²) >= 11 is 4.21. The Morgan fingerprint density at radius 1 is 1.15 bits per heavy atom. The molecule has 1 aromatic rings. The lowest BCUT2D eigenvalue weighted by Gasteiger charge is -2.11. The Kier molecular flexibility index (Phi) is 3.48. The predicted molar refractivity (Wildman–Crippen MR) is 57.0 cm³/mol. The third-order valence-electron chi connectivity index (χ3n) is 1.99. The van der Waals surface area contributed by atoms with Gasteiger partial charge in [0.05, 0.1) is 14.2 Å². The molecule has 3 heteroatoms. The van der Waals surface area contributed by atoms with Crippen LogP contribution in [0.1, 0.15) is 11.1 Å². The van der Waals surface area contributed by atoms with Crippen LogP contribution < -0.4 is 9.47 Å². The van der Waals surface area contributed by atoms with Gasteiger partial charge >= 0.3 is 0 Å². The van der Waals surface area contributed by atoms with Crippen LogP contribution in [0.15, 0.2) is 12.1 Å². The minimum Gasteiger partial charge on any atom is -0.496 e. The van der Waals surface area contributed by atoms with Crippen LogP contribution in [0, 0.1) is 6.92 Å². The van der Waals surface area contributed by atoms with Crippen LogP contribution in [0.4, 0.5) is 0 Å². The largest absolute Gasteiger partial charge is 0.496 e. The maximum atomic E-state index is 5.22. The summed E-state index contributed by atoms with van der Waals surface area (Å²) in [4.78, 5) is 0. The van der Waals surface area contributed by atoms with Crippen LogP contribution in [0.25, 0.3) is 0 Å². The Labute approximate surface area is 84.3 Å². The van der Waals surface area contributed by atoms with E-state index >= 15 is 0 Å². The molecule has 0 atom stereocenters. The first-order valence-electron chi connectivity index (χ1n) is 4.05. The van der Waals surface area contributed by atoms with E-state index < -0.39 is 0 Å². The zero-order valence-electron chi connectivity index (χ0n) is 8.13. The number of ether oxygens (including phenoxy) is 2. The lowest BCUT2D eigenvalue weighted by molar-refractivity contribution is 0.388. The van der Waals surface area contributed by atoms with E-state index in [4.69, 9.17) is 9.47 Å². The molecule has 0 aromatic heterocycles. The molecular weight excluding hydrogens is 184 g/mol. The van der Waals surface area contributed by atoms with E-state index in [0.29, 0.717) is 5.75 Å². The molecule has 0 saturated carbocycles. The van der Waals surface area contributed by atoms with E-state index in [9.17, 15) is 0 Å². The second-order valence-corrected chi connectivity index (χ2v) is 3.10. The van der Waals surface area contributed by atoms with Gasteiger partial charge in [-0.2, -0.15) is 12.6 Å². The van der Waals surface area contributed by atoms with Crippen molar-refractivity contribution >= 4 is 12.6 Å². The van der Waals surface area contributed by atoms with Gasteiger partial charge in [-0.25, -0.2) is 0 Å². The van der Waals surface area contributed by atoms with Crippen molar-refractivity contribution in [2.75, 3.05) is 14.2 Å². The highest BCUT2D eigenvalue weighted by atomic mass is 32.1. The molecule has 0 bridgehead atoms. The fourth-order valence-corrected chi connectivity index (χ4v) is 1.41. The van der Waals surface area contributed by atoms with Crippen LogP contribution in [-0.2, 0) is 5.75 Å². The fourth-order valence-electron chi connectivity index (χ4n) is 1.23. The fraction of sp³-hybridized carbons (Fsp3) is 0.400. The third kappa shape index (κ3) is 2.10. The van der Waals surface area contributed by atoms with Crippen molar-refractivity contribution in [2.24, 2.45) is 0 Å².